The van der Waals surface area contributed by atoms with E-state index in [0.29, 0.717) is 30.6 Å². The van der Waals surface area contributed by atoms with E-state index in [4.69, 9.17) is 4.74 Å². The molecule has 1 aliphatic heterocycles. The van der Waals surface area contributed by atoms with Gasteiger partial charge in [0.1, 0.15) is 17.7 Å². The van der Waals surface area contributed by atoms with E-state index in [9.17, 15) is 23.9 Å². The summed E-state index contributed by atoms with van der Waals surface area (Å²) < 4.78 is 21.0. The maximum Gasteiger partial charge on any atom is 0.296 e. The number of carbonyl (C=O) groups excluding carboxylic acids is 2. The first-order valence-electron chi connectivity index (χ1n) is 12.4. The highest BCUT2D eigenvalue weighted by molar-refractivity contribution is 5.94. The van der Waals surface area contributed by atoms with Gasteiger partial charge in [-0.15, -0.1) is 6.58 Å². The fourth-order valence-electron chi connectivity index (χ4n) is 4.34. The fraction of sp³-hybridized carbons (Fsp3) is 0.407. The van der Waals surface area contributed by atoms with Crippen molar-refractivity contribution in [1.29, 1.82) is 0 Å². The van der Waals surface area contributed by atoms with Gasteiger partial charge in [-0.1, -0.05) is 25.6 Å². The van der Waals surface area contributed by atoms with Crippen LogP contribution in [0.25, 0.3) is 0 Å². The first-order valence-corrected chi connectivity index (χ1v) is 12.4. The molecule has 0 aliphatic carbocycles. The normalized spacial score (nSPS) is 16.6. The minimum absolute atomic E-state index is 0.00854. The number of likely N-dealkylation sites (N-methyl/N-ethyl adjacent to an activating group) is 1. The topological polar surface area (TPSA) is 117 Å². The highest BCUT2D eigenvalue weighted by Gasteiger charge is 2.34. The van der Waals surface area contributed by atoms with Crippen LogP contribution in [0.4, 0.5) is 10.1 Å². The molecule has 10 nitrogen and oxygen atoms in total. The Hall–Kier alpha value is -3.99. The van der Waals surface area contributed by atoms with Crippen LogP contribution in [0.1, 0.15) is 53.7 Å². The van der Waals surface area contributed by atoms with E-state index in [1.807, 2.05) is 11.8 Å². The minimum atomic E-state index is -0.800. The molecule has 0 saturated heterocycles. The van der Waals surface area contributed by atoms with E-state index >= 15 is 0 Å². The predicted molar refractivity (Wildman–Crippen MR) is 142 cm³/mol. The van der Waals surface area contributed by atoms with Gasteiger partial charge in [-0.2, -0.15) is 0 Å². The SMILES string of the molecule is C=CCCN(C)c1cc(F)ccc1CNC(=O)c1nc2n(c(=O)c1O)C(CC)COCC2N(C)C(=O)C=C. The molecule has 1 aliphatic rings. The van der Waals surface area contributed by atoms with Crippen LogP contribution in [0, 0.1) is 5.82 Å². The molecular formula is C27H34FN5O5. The average molecular weight is 528 g/mol. The third-order valence-corrected chi connectivity index (χ3v) is 6.61. The minimum Gasteiger partial charge on any atom is -0.501 e. The zero-order valence-corrected chi connectivity index (χ0v) is 21.9. The van der Waals surface area contributed by atoms with Crippen LogP contribution in [-0.2, 0) is 16.1 Å². The van der Waals surface area contributed by atoms with Crippen molar-refractivity contribution >= 4 is 17.5 Å². The highest BCUT2D eigenvalue weighted by Crippen LogP contribution is 2.28. The lowest BCUT2D eigenvalue weighted by atomic mass is 10.1. The zero-order chi connectivity index (χ0) is 28.0. The van der Waals surface area contributed by atoms with E-state index in [1.165, 1.54) is 28.6 Å². The number of nitrogens with one attached hydrogen (secondary N) is 1. The average Bonchev–Trinajstić information content (AvgIpc) is 3.11. The van der Waals surface area contributed by atoms with Crippen LogP contribution in [0.2, 0.25) is 0 Å². The molecule has 0 fully saturated rings. The van der Waals surface area contributed by atoms with E-state index in [1.54, 1.807) is 19.2 Å². The Kier molecular flexibility index (Phi) is 9.40. The third-order valence-electron chi connectivity index (χ3n) is 6.61. The van der Waals surface area contributed by atoms with Crippen LogP contribution in [0.5, 0.6) is 5.75 Å². The summed E-state index contributed by atoms with van der Waals surface area (Å²) in [4.78, 5) is 46.4. The number of fused-ring (bicyclic) bond motifs is 1. The van der Waals surface area contributed by atoms with E-state index in [2.05, 4.69) is 23.5 Å². The lowest BCUT2D eigenvalue weighted by Crippen LogP contribution is -2.39. The van der Waals surface area contributed by atoms with Gasteiger partial charge in [0.2, 0.25) is 11.7 Å². The molecular weight excluding hydrogens is 493 g/mol. The summed E-state index contributed by atoms with van der Waals surface area (Å²) in [6.45, 7) is 9.86. The number of anilines is 1. The molecule has 0 radical (unpaired) electrons. The summed E-state index contributed by atoms with van der Waals surface area (Å²) in [5, 5.41) is 13.4. The van der Waals surface area contributed by atoms with Gasteiger partial charge in [-0.05, 0) is 36.6 Å². The molecule has 2 N–H and O–H groups in total. The number of rotatable bonds is 10. The van der Waals surface area contributed by atoms with Gasteiger partial charge in [-0.3, -0.25) is 19.0 Å². The number of aromatic nitrogens is 2. The number of ether oxygens (including phenoxy) is 1. The molecule has 2 atom stereocenters. The standard InChI is InChI=1S/C27H34FN5O5/c1-6-9-12-31(4)20-13-18(28)11-10-17(20)14-29-26(36)23-24(35)27(37)33-19(7-2)15-38-16-21(25(33)30-23)32(5)22(34)8-3/h6,8,10-11,13,19,21,35H,1,3,7,9,12,14-16H2,2,4-5H3,(H,29,36). The van der Waals surface area contributed by atoms with Crippen molar-refractivity contribution < 1.29 is 23.8 Å². The van der Waals surface area contributed by atoms with Crippen LogP contribution in [-0.4, -0.2) is 65.2 Å². The van der Waals surface area contributed by atoms with E-state index < -0.39 is 46.7 Å². The van der Waals surface area contributed by atoms with Crippen LogP contribution in [0.15, 0.2) is 48.3 Å². The van der Waals surface area contributed by atoms with Crippen LogP contribution >= 0.6 is 0 Å². The van der Waals surface area contributed by atoms with Crippen LogP contribution in [0.3, 0.4) is 0 Å². The Morgan fingerprint density at radius 2 is 2.05 bits per heavy atom. The molecule has 2 amide bonds. The molecule has 204 valence electrons. The Balaban J connectivity index is 1.99. The largest absolute Gasteiger partial charge is 0.501 e. The summed E-state index contributed by atoms with van der Waals surface area (Å²) in [5.41, 5.74) is -0.0514. The summed E-state index contributed by atoms with van der Waals surface area (Å²) in [6, 6.07) is 2.98. The van der Waals surface area contributed by atoms with Gasteiger partial charge in [0.25, 0.3) is 11.5 Å². The van der Waals surface area contributed by atoms with Gasteiger partial charge >= 0.3 is 0 Å². The lowest BCUT2D eigenvalue weighted by Gasteiger charge is -2.27. The molecule has 2 unspecified atom stereocenters. The van der Waals surface area contributed by atoms with Gasteiger partial charge in [0.15, 0.2) is 5.69 Å². The first kappa shape index (κ1) is 28.6. The second kappa shape index (κ2) is 12.5. The summed E-state index contributed by atoms with van der Waals surface area (Å²) >= 11 is 0. The first-order chi connectivity index (χ1) is 18.1. The summed E-state index contributed by atoms with van der Waals surface area (Å²) in [5.74, 6) is -2.30. The van der Waals surface area contributed by atoms with Gasteiger partial charge in [0, 0.05) is 32.9 Å². The maximum absolute atomic E-state index is 14.0. The van der Waals surface area contributed by atoms with Crippen molar-refractivity contribution in [3.05, 3.63) is 76.8 Å². The zero-order valence-electron chi connectivity index (χ0n) is 21.9. The maximum atomic E-state index is 14.0. The van der Waals surface area contributed by atoms with Gasteiger partial charge < -0.3 is 25.0 Å². The molecule has 0 bridgehead atoms. The van der Waals surface area contributed by atoms with Crippen molar-refractivity contribution in [2.45, 2.75) is 38.4 Å². The second-order valence-electron chi connectivity index (χ2n) is 9.07. The van der Waals surface area contributed by atoms with Crippen molar-refractivity contribution in [2.24, 2.45) is 0 Å². The highest BCUT2D eigenvalue weighted by atomic mass is 19.1. The fourth-order valence-corrected chi connectivity index (χ4v) is 4.34. The molecule has 1 aromatic heterocycles. The predicted octanol–water partition coefficient (Wildman–Crippen LogP) is 2.70. The Morgan fingerprint density at radius 1 is 1.32 bits per heavy atom. The number of amides is 2. The third kappa shape index (κ3) is 5.94. The number of hydrogen-bond acceptors (Lipinski definition) is 7. The Morgan fingerprint density at radius 3 is 2.71 bits per heavy atom. The summed E-state index contributed by atoms with van der Waals surface area (Å²) in [6.07, 6.45) is 4.06. The Labute approximate surface area is 221 Å². The molecule has 1 aromatic carbocycles. The van der Waals surface area contributed by atoms with Crippen molar-refractivity contribution in [3.8, 4) is 5.75 Å². The summed E-state index contributed by atoms with van der Waals surface area (Å²) in [7, 11) is 3.32. The van der Waals surface area contributed by atoms with Gasteiger partial charge in [-0.25, -0.2) is 9.37 Å². The molecule has 2 heterocycles. The second-order valence-corrected chi connectivity index (χ2v) is 9.07. The van der Waals surface area contributed by atoms with Crippen molar-refractivity contribution in [3.63, 3.8) is 0 Å². The quantitative estimate of drug-likeness (QED) is 0.360. The van der Waals surface area contributed by atoms with Crippen molar-refractivity contribution in [2.75, 3.05) is 38.8 Å². The van der Waals surface area contributed by atoms with Gasteiger partial charge in [0.05, 0.1) is 19.3 Å². The van der Waals surface area contributed by atoms with Crippen LogP contribution < -0.4 is 15.8 Å². The number of nitrogens with zero attached hydrogens (tertiary/aromatic N) is 4. The molecule has 0 saturated carbocycles. The lowest BCUT2D eigenvalue weighted by molar-refractivity contribution is -0.128. The number of benzene rings is 1. The molecule has 2 aromatic rings. The smallest absolute Gasteiger partial charge is 0.296 e. The molecule has 11 heteroatoms. The van der Waals surface area contributed by atoms with E-state index in [-0.39, 0.29) is 25.6 Å². The number of carbonyl (C=O) groups is 2. The van der Waals surface area contributed by atoms with E-state index in [0.717, 1.165) is 6.08 Å². The molecule has 3 rings (SSSR count). The van der Waals surface area contributed by atoms with Crippen molar-refractivity contribution in [1.82, 2.24) is 19.8 Å². The Bertz CT molecular complexity index is 1280. The number of aromatic hydroxyl groups is 1. The molecule has 38 heavy (non-hydrogen) atoms. The monoisotopic (exact) mass is 527 g/mol. The molecule has 0 spiro atoms. The number of hydrogen-bond donors (Lipinski definition) is 2. The number of halogens is 1.